The van der Waals surface area contributed by atoms with Gasteiger partial charge in [0.05, 0.1) is 0 Å². The number of hydrogen-bond acceptors (Lipinski definition) is 0. The molecule has 0 aromatic rings. The van der Waals surface area contributed by atoms with Crippen LogP contribution in [-0.2, 0) is 0 Å². The monoisotopic (exact) mass is 149 g/mol. The van der Waals surface area contributed by atoms with E-state index >= 15 is 0 Å². The van der Waals surface area contributed by atoms with Crippen LogP contribution >= 0.6 is 0 Å². The average molecular weight is 149 g/mol. The van der Waals surface area contributed by atoms with Gasteiger partial charge in [0, 0.05) is 6.42 Å². The Kier molecular flexibility index (Phi) is 2.92. The van der Waals surface area contributed by atoms with Gasteiger partial charge in [0.25, 0.3) is 0 Å². The molecule has 0 amide bonds. The first kappa shape index (κ1) is 8.58. The molecule has 0 aliphatic heterocycles. The highest BCUT2D eigenvalue weighted by Gasteiger charge is 2.09. The Balaban J connectivity index is 2.35. The Morgan fingerprint density at radius 2 is 2.00 bits per heavy atom. The van der Waals surface area contributed by atoms with Gasteiger partial charge in [-0.1, -0.05) is 44.6 Å². The minimum Gasteiger partial charge on any atom is -0.0764 e. The second-order valence-electron chi connectivity index (χ2n) is 3.72. The zero-order valence-corrected chi connectivity index (χ0v) is 7.67. The lowest BCUT2D eigenvalue weighted by Gasteiger charge is -2.14. The summed E-state index contributed by atoms with van der Waals surface area (Å²) in [5.74, 6) is 1.60. The first-order valence-corrected chi connectivity index (χ1v) is 4.40. The fraction of sp³-hybridized carbons (Fsp3) is 0.545. The van der Waals surface area contributed by atoms with Crippen LogP contribution < -0.4 is 0 Å². The molecule has 0 nitrogen and oxygen atoms in total. The first-order valence-electron chi connectivity index (χ1n) is 4.40. The lowest BCUT2D eigenvalue weighted by atomic mass is 9.91. The zero-order valence-electron chi connectivity index (χ0n) is 7.67. The largest absolute Gasteiger partial charge is 0.0764 e. The summed E-state index contributed by atoms with van der Waals surface area (Å²) in [6.07, 6.45) is 9.87. The third kappa shape index (κ3) is 2.53. The molecule has 1 aliphatic carbocycles. The Morgan fingerprint density at radius 3 is 2.45 bits per heavy atom. The van der Waals surface area contributed by atoms with Gasteiger partial charge < -0.3 is 0 Å². The highest BCUT2D eigenvalue weighted by molar-refractivity contribution is 5.33. The van der Waals surface area contributed by atoms with Crippen molar-refractivity contribution < 1.29 is 0 Å². The van der Waals surface area contributed by atoms with E-state index in [1.54, 1.807) is 0 Å². The average Bonchev–Trinajstić information content (AvgIpc) is 2.39. The summed E-state index contributed by atoms with van der Waals surface area (Å²) >= 11 is 0. The van der Waals surface area contributed by atoms with Crippen molar-refractivity contribution in [3.63, 3.8) is 0 Å². The van der Waals surface area contributed by atoms with Gasteiger partial charge in [0.2, 0.25) is 0 Å². The summed E-state index contributed by atoms with van der Waals surface area (Å²) in [6, 6.07) is 0. The first-order chi connectivity index (χ1) is 5.20. The molecular formula is C11H17. The molecule has 0 bridgehead atoms. The predicted octanol–water partition coefficient (Wildman–Crippen LogP) is 3.37. The second-order valence-corrected chi connectivity index (χ2v) is 3.72. The lowest BCUT2D eigenvalue weighted by Crippen LogP contribution is -2.03. The fourth-order valence-electron chi connectivity index (χ4n) is 1.16. The van der Waals surface area contributed by atoms with E-state index in [0.717, 1.165) is 11.8 Å². The SMILES string of the molecule is CC(C)C(C)CC1=C[CH]C=C1. The molecule has 1 atom stereocenters. The molecule has 0 aromatic carbocycles. The predicted molar refractivity (Wildman–Crippen MR) is 50.1 cm³/mol. The molecule has 1 rings (SSSR count). The Labute approximate surface area is 70.0 Å². The van der Waals surface area contributed by atoms with Crippen LogP contribution in [-0.4, -0.2) is 0 Å². The van der Waals surface area contributed by atoms with Gasteiger partial charge in [-0.3, -0.25) is 0 Å². The minimum absolute atomic E-state index is 0.796. The van der Waals surface area contributed by atoms with Crippen LogP contribution in [0.15, 0.2) is 23.8 Å². The number of allylic oxidation sites excluding steroid dienone is 4. The van der Waals surface area contributed by atoms with Gasteiger partial charge in [-0.05, 0) is 18.3 Å². The highest BCUT2D eigenvalue weighted by atomic mass is 14.1. The van der Waals surface area contributed by atoms with Crippen LogP contribution in [0, 0.1) is 18.3 Å². The van der Waals surface area contributed by atoms with E-state index in [9.17, 15) is 0 Å². The Hall–Kier alpha value is -0.520. The van der Waals surface area contributed by atoms with Crippen molar-refractivity contribution >= 4 is 0 Å². The van der Waals surface area contributed by atoms with Crippen molar-refractivity contribution in [2.24, 2.45) is 11.8 Å². The molecule has 0 heteroatoms. The van der Waals surface area contributed by atoms with E-state index in [-0.39, 0.29) is 0 Å². The quantitative estimate of drug-likeness (QED) is 0.577. The molecule has 0 spiro atoms. The molecule has 1 radical (unpaired) electrons. The van der Waals surface area contributed by atoms with Gasteiger partial charge in [-0.2, -0.15) is 0 Å². The fourth-order valence-corrected chi connectivity index (χ4v) is 1.16. The molecule has 0 heterocycles. The van der Waals surface area contributed by atoms with E-state index in [1.165, 1.54) is 12.0 Å². The number of hydrogen-bond donors (Lipinski definition) is 0. The van der Waals surface area contributed by atoms with Gasteiger partial charge in [0.1, 0.15) is 0 Å². The molecule has 11 heavy (non-hydrogen) atoms. The van der Waals surface area contributed by atoms with Crippen molar-refractivity contribution in [1.29, 1.82) is 0 Å². The van der Waals surface area contributed by atoms with Crippen LogP contribution in [0.3, 0.4) is 0 Å². The van der Waals surface area contributed by atoms with Crippen LogP contribution in [0.4, 0.5) is 0 Å². The van der Waals surface area contributed by atoms with Crippen LogP contribution in [0.5, 0.6) is 0 Å². The minimum atomic E-state index is 0.796. The molecule has 0 fully saturated rings. The maximum Gasteiger partial charge on any atom is 0.00535 e. The molecule has 0 saturated heterocycles. The van der Waals surface area contributed by atoms with E-state index < -0.39 is 0 Å². The van der Waals surface area contributed by atoms with Gasteiger partial charge in [-0.25, -0.2) is 0 Å². The summed E-state index contributed by atoms with van der Waals surface area (Å²) in [5.41, 5.74) is 1.48. The van der Waals surface area contributed by atoms with Crippen LogP contribution in [0.25, 0.3) is 0 Å². The standard InChI is InChI=1S/C11H17/c1-9(2)10(3)8-11-6-4-5-7-11/h4-7,9-10H,8H2,1-3H3. The van der Waals surface area contributed by atoms with E-state index in [4.69, 9.17) is 0 Å². The van der Waals surface area contributed by atoms with Crippen molar-refractivity contribution in [2.45, 2.75) is 27.2 Å². The lowest BCUT2D eigenvalue weighted by molar-refractivity contribution is 0.419. The maximum absolute atomic E-state index is 2.32. The second kappa shape index (κ2) is 3.75. The molecule has 0 N–H and O–H groups in total. The molecule has 0 saturated carbocycles. The van der Waals surface area contributed by atoms with Gasteiger partial charge in [0.15, 0.2) is 0 Å². The Bertz CT molecular complexity index is 172. The summed E-state index contributed by atoms with van der Waals surface area (Å²) in [4.78, 5) is 0. The van der Waals surface area contributed by atoms with Crippen LogP contribution in [0.2, 0.25) is 0 Å². The molecule has 61 valence electrons. The van der Waals surface area contributed by atoms with E-state index in [0.29, 0.717) is 0 Å². The van der Waals surface area contributed by atoms with Crippen molar-refractivity contribution in [1.82, 2.24) is 0 Å². The van der Waals surface area contributed by atoms with Crippen molar-refractivity contribution in [3.8, 4) is 0 Å². The van der Waals surface area contributed by atoms with E-state index in [1.807, 2.05) is 0 Å². The topological polar surface area (TPSA) is 0 Å². The molecule has 1 aliphatic rings. The summed E-state index contributed by atoms with van der Waals surface area (Å²) in [5, 5.41) is 0. The van der Waals surface area contributed by atoms with Crippen LogP contribution in [0.1, 0.15) is 27.2 Å². The van der Waals surface area contributed by atoms with Crippen molar-refractivity contribution in [2.75, 3.05) is 0 Å². The molecule has 1 unspecified atom stereocenters. The zero-order chi connectivity index (χ0) is 8.27. The normalized spacial score (nSPS) is 19.1. The Morgan fingerprint density at radius 1 is 1.27 bits per heavy atom. The van der Waals surface area contributed by atoms with Gasteiger partial charge in [-0.15, -0.1) is 0 Å². The third-order valence-electron chi connectivity index (χ3n) is 2.43. The number of rotatable bonds is 3. The van der Waals surface area contributed by atoms with E-state index in [2.05, 4.69) is 45.4 Å². The van der Waals surface area contributed by atoms with Crippen molar-refractivity contribution in [3.05, 3.63) is 30.2 Å². The molecule has 0 aromatic heterocycles. The third-order valence-corrected chi connectivity index (χ3v) is 2.43. The summed E-state index contributed by atoms with van der Waals surface area (Å²) in [7, 11) is 0. The molecular weight excluding hydrogens is 132 g/mol. The summed E-state index contributed by atoms with van der Waals surface area (Å²) in [6.45, 7) is 6.89. The maximum atomic E-state index is 2.32. The smallest absolute Gasteiger partial charge is 0.00535 e. The highest BCUT2D eigenvalue weighted by Crippen LogP contribution is 2.22. The van der Waals surface area contributed by atoms with Gasteiger partial charge >= 0.3 is 0 Å². The summed E-state index contributed by atoms with van der Waals surface area (Å²) < 4.78 is 0.